The maximum Gasteiger partial charge on any atom is 0.202 e. The molecule has 5 heterocycles. The first-order valence-corrected chi connectivity index (χ1v) is 11.7. The summed E-state index contributed by atoms with van der Waals surface area (Å²) in [5.74, 6) is 1.67. The molecule has 0 spiro atoms. The van der Waals surface area contributed by atoms with Crippen LogP contribution < -0.4 is 15.5 Å². The zero-order valence-electron chi connectivity index (χ0n) is 18.9. The van der Waals surface area contributed by atoms with E-state index in [0.717, 1.165) is 59.8 Å². The molecule has 3 N–H and O–H groups in total. The first-order valence-electron chi connectivity index (χ1n) is 11.3. The van der Waals surface area contributed by atoms with Crippen LogP contribution >= 0.6 is 11.6 Å². The number of aromatic amines is 1. The van der Waals surface area contributed by atoms with E-state index in [4.69, 9.17) is 32.3 Å². The second-order valence-electron chi connectivity index (χ2n) is 9.34. The van der Waals surface area contributed by atoms with Gasteiger partial charge < -0.3 is 15.5 Å². The van der Waals surface area contributed by atoms with E-state index in [2.05, 4.69) is 20.1 Å². The highest BCUT2D eigenvalue weighted by molar-refractivity contribution is 6.38. The third-order valence-electron chi connectivity index (χ3n) is 6.92. The van der Waals surface area contributed by atoms with Crippen LogP contribution in [0.3, 0.4) is 0 Å². The molecular weight excluding hydrogens is 438 g/mol. The molecule has 170 valence electrons. The van der Waals surface area contributed by atoms with Crippen molar-refractivity contribution >= 4 is 45.4 Å². The van der Waals surface area contributed by atoms with Crippen LogP contribution in [0.2, 0.25) is 5.02 Å². The average molecular weight is 464 g/mol. The Bertz CT molecular complexity index is 1370. The number of nitrogens with zero attached hydrogens (tertiary/aromatic N) is 7. The molecule has 2 unspecified atom stereocenters. The quantitative estimate of drug-likeness (QED) is 0.475. The van der Waals surface area contributed by atoms with Crippen LogP contribution in [0, 0.1) is 6.92 Å². The fraction of sp³-hybridized carbons (Fsp3) is 0.435. The summed E-state index contributed by atoms with van der Waals surface area (Å²) in [6.07, 6.45) is 6.06. The minimum absolute atomic E-state index is 0.277. The van der Waals surface area contributed by atoms with Gasteiger partial charge in [-0.1, -0.05) is 11.6 Å². The number of H-pyrrole nitrogens is 1. The van der Waals surface area contributed by atoms with Crippen molar-refractivity contribution in [2.45, 2.75) is 50.7 Å². The Labute approximate surface area is 196 Å². The summed E-state index contributed by atoms with van der Waals surface area (Å²) in [6, 6.07) is 4.99. The number of piperidine rings is 1. The molecule has 2 fully saturated rings. The lowest BCUT2D eigenvalue weighted by Gasteiger charge is -2.39. The largest absolute Gasteiger partial charge is 0.361 e. The van der Waals surface area contributed by atoms with Gasteiger partial charge in [-0.2, -0.15) is 5.10 Å². The summed E-state index contributed by atoms with van der Waals surface area (Å²) in [5, 5.41) is 8.12. The van der Waals surface area contributed by atoms with Gasteiger partial charge in [-0.3, -0.25) is 10.1 Å². The van der Waals surface area contributed by atoms with Crippen LogP contribution in [0.4, 0.5) is 11.6 Å². The zero-order chi connectivity index (χ0) is 22.9. The molecular formula is C23H26ClN9. The molecule has 0 saturated carbocycles. The van der Waals surface area contributed by atoms with Crippen molar-refractivity contribution in [3.05, 3.63) is 29.0 Å². The topological polar surface area (TPSA) is 113 Å². The van der Waals surface area contributed by atoms with E-state index < -0.39 is 0 Å². The summed E-state index contributed by atoms with van der Waals surface area (Å²) in [4.78, 5) is 23.4. The molecule has 3 aromatic heterocycles. The van der Waals surface area contributed by atoms with Gasteiger partial charge in [0, 0.05) is 37.8 Å². The number of hydrogen-bond acceptors (Lipinski definition) is 8. The lowest BCUT2D eigenvalue weighted by atomic mass is 9.98. The summed E-state index contributed by atoms with van der Waals surface area (Å²) < 4.78 is 0. The number of aromatic nitrogens is 6. The van der Waals surface area contributed by atoms with Gasteiger partial charge in [0.05, 0.1) is 28.1 Å². The van der Waals surface area contributed by atoms with Crippen LogP contribution in [-0.2, 0) is 0 Å². The van der Waals surface area contributed by atoms with Crippen LogP contribution in [0.25, 0.3) is 33.5 Å². The lowest BCUT2D eigenvalue weighted by molar-refractivity contribution is 0.411. The molecule has 10 heteroatoms. The van der Waals surface area contributed by atoms with Gasteiger partial charge in [0.2, 0.25) is 5.65 Å². The summed E-state index contributed by atoms with van der Waals surface area (Å²) >= 11 is 6.83. The van der Waals surface area contributed by atoms with Crippen LogP contribution in [0.1, 0.15) is 31.4 Å². The van der Waals surface area contributed by atoms with Gasteiger partial charge in [0.25, 0.3) is 0 Å². The minimum atomic E-state index is 0.277. The maximum atomic E-state index is 6.83. The summed E-state index contributed by atoms with van der Waals surface area (Å²) in [6.45, 7) is 2.02. The number of anilines is 2. The fourth-order valence-corrected chi connectivity index (χ4v) is 5.65. The van der Waals surface area contributed by atoms with Crippen LogP contribution in [-0.4, -0.2) is 62.4 Å². The van der Waals surface area contributed by atoms with Gasteiger partial charge in [-0.25, -0.2) is 15.0 Å². The minimum Gasteiger partial charge on any atom is -0.361 e. The van der Waals surface area contributed by atoms with E-state index in [1.54, 1.807) is 6.20 Å². The first kappa shape index (κ1) is 20.6. The third-order valence-corrected chi connectivity index (χ3v) is 7.30. The molecule has 6 rings (SSSR count). The highest BCUT2D eigenvalue weighted by Crippen LogP contribution is 2.40. The number of halogens is 1. The Morgan fingerprint density at radius 2 is 1.85 bits per heavy atom. The molecule has 0 aliphatic carbocycles. The Morgan fingerprint density at radius 3 is 2.58 bits per heavy atom. The normalized spacial score (nSPS) is 22.5. The van der Waals surface area contributed by atoms with E-state index in [9.17, 15) is 0 Å². The van der Waals surface area contributed by atoms with Crippen molar-refractivity contribution in [2.75, 3.05) is 23.9 Å². The number of fused-ring (bicyclic) bond motifs is 4. The van der Waals surface area contributed by atoms with Crippen LogP contribution in [0.5, 0.6) is 0 Å². The predicted octanol–water partition coefficient (Wildman–Crippen LogP) is 3.45. The molecule has 2 aliphatic rings. The summed E-state index contributed by atoms with van der Waals surface area (Å²) in [7, 11) is 3.85. The number of aryl methyl sites for hydroxylation is 1. The zero-order valence-corrected chi connectivity index (χ0v) is 19.6. The molecule has 2 bridgehead atoms. The van der Waals surface area contributed by atoms with Gasteiger partial charge in [0.15, 0.2) is 5.82 Å². The number of benzene rings is 1. The number of hydrogen-bond donors (Lipinski definition) is 2. The van der Waals surface area contributed by atoms with E-state index in [1.807, 2.05) is 38.1 Å². The van der Waals surface area contributed by atoms with Crippen molar-refractivity contribution in [1.82, 2.24) is 30.1 Å². The van der Waals surface area contributed by atoms with E-state index in [1.165, 1.54) is 0 Å². The first-order chi connectivity index (χ1) is 15.9. The standard InChI is InChI=1S/C23H26ClN9/c1-11-23(33-13-4-5-14(33)9-12(25)8-13)29-22-21(27-11)19(30-31-22)15-6-7-16-20(18(15)24)28-17(10-26-16)32(2)3/h6-7,10,12-14H,4-5,8-9,25H2,1-3H3,(H,29,30,31). The smallest absolute Gasteiger partial charge is 0.202 e. The molecule has 4 aromatic rings. The molecule has 0 amide bonds. The van der Waals surface area contributed by atoms with Gasteiger partial charge in [-0.05, 0) is 44.7 Å². The molecule has 33 heavy (non-hydrogen) atoms. The molecule has 0 radical (unpaired) electrons. The SMILES string of the molecule is Cc1nc2c(-c3ccc4ncc(N(C)C)nc4c3Cl)[nH]nc2nc1N1C2CCC1CC(N)C2. The predicted molar refractivity (Wildman–Crippen MR) is 131 cm³/mol. The molecule has 2 aliphatic heterocycles. The number of rotatable bonds is 3. The fourth-order valence-electron chi connectivity index (χ4n) is 5.35. The second-order valence-corrected chi connectivity index (χ2v) is 9.72. The number of nitrogens with one attached hydrogen (secondary N) is 1. The van der Waals surface area contributed by atoms with Crippen molar-refractivity contribution in [1.29, 1.82) is 0 Å². The average Bonchev–Trinajstić information content (AvgIpc) is 3.31. The second kappa shape index (κ2) is 7.50. The Hall–Kier alpha value is -3.04. The summed E-state index contributed by atoms with van der Waals surface area (Å²) in [5.41, 5.74) is 11.3. The van der Waals surface area contributed by atoms with Gasteiger partial charge >= 0.3 is 0 Å². The highest BCUT2D eigenvalue weighted by Gasteiger charge is 2.41. The van der Waals surface area contributed by atoms with Gasteiger partial charge in [0.1, 0.15) is 16.9 Å². The van der Waals surface area contributed by atoms with E-state index >= 15 is 0 Å². The van der Waals surface area contributed by atoms with Crippen molar-refractivity contribution < 1.29 is 0 Å². The third kappa shape index (κ3) is 3.21. The van der Waals surface area contributed by atoms with E-state index in [-0.39, 0.29) is 6.04 Å². The van der Waals surface area contributed by atoms with E-state index in [0.29, 0.717) is 33.8 Å². The van der Waals surface area contributed by atoms with Crippen molar-refractivity contribution in [3.8, 4) is 11.3 Å². The van der Waals surface area contributed by atoms with Crippen molar-refractivity contribution in [2.24, 2.45) is 5.73 Å². The van der Waals surface area contributed by atoms with Gasteiger partial charge in [-0.15, -0.1) is 0 Å². The number of nitrogens with two attached hydrogens (primary N) is 1. The molecule has 1 aromatic carbocycles. The Morgan fingerprint density at radius 1 is 1.09 bits per heavy atom. The lowest BCUT2D eigenvalue weighted by Crippen LogP contribution is -2.48. The molecule has 9 nitrogen and oxygen atoms in total. The van der Waals surface area contributed by atoms with Crippen molar-refractivity contribution in [3.63, 3.8) is 0 Å². The molecule has 2 saturated heterocycles. The molecule has 2 atom stereocenters. The Kier molecular flexibility index (Phi) is 4.67. The Balaban J connectivity index is 1.45. The van der Waals surface area contributed by atoms with Crippen LogP contribution in [0.15, 0.2) is 18.3 Å². The monoisotopic (exact) mass is 463 g/mol. The highest BCUT2D eigenvalue weighted by atomic mass is 35.5. The maximum absolute atomic E-state index is 6.83.